The van der Waals surface area contributed by atoms with Crippen LogP contribution in [0.3, 0.4) is 0 Å². The van der Waals surface area contributed by atoms with Crippen LogP contribution in [0.15, 0.2) is 42.5 Å². The van der Waals surface area contributed by atoms with Crippen LogP contribution >= 0.6 is 37.2 Å². The number of likely N-dealkylation sites (tertiary alicyclic amines) is 1. The molecule has 0 radical (unpaired) electrons. The van der Waals surface area contributed by atoms with Crippen molar-refractivity contribution in [1.29, 1.82) is 0 Å². The topological polar surface area (TPSA) is 47.0 Å². The molecule has 0 aromatic heterocycles. The van der Waals surface area contributed by atoms with Gasteiger partial charge in [-0.1, -0.05) is 24.3 Å². The number of aliphatic hydroxyl groups is 1. The maximum atomic E-state index is 13.3. The van der Waals surface area contributed by atoms with E-state index in [0.717, 1.165) is 82.5 Å². The maximum Gasteiger partial charge on any atom is 0.162 e. The first-order valence-corrected chi connectivity index (χ1v) is 13.5. The second kappa shape index (κ2) is 17.5. The molecule has 1 N–H and O–H groups in total. The summed E-state index contributed by atoms with van der Waals surface area (Å²) in [5, 5.41) is 10.2. The highest BCUT2D eigenvalue weighted by Gasteiger charge is 2.23. The fraction of sp³-hybridized carbons (Fsp3) is 0.567. The lowest BCUT2D eigenvalue weighted by Gasteiger charge is -2.33. The summed E-state index contributed by atoms with van der Waals surface area (Å²) >= 11 is 0. The molecule has 4 rings (SSSR count). The Morgan fingerprint density at radius 2 is 1.69 bits per heavy atom. The third kappa shape index (κ3) is 11.3. The standard InChI is InChI=1S/C30H42FN3O2.3ClH/c1-32(2)21-29(35)22-33-16-13-23(14-17-33)7-12-30(36)26-9-8-25-4-3-15-34(20-27(25)18-26)19-24-5-10-28(31)11-6-24;;;/h5-6,8-11,18,23,29,35H,3-4,7,12-17,19-22H2,1-2H3;3*1H. The number of likely N-dealkylation sites (N-methyl/N-ethyl adjacent to an activating group) is 1. The van der Waals surface area contributed by atoms with Gasteiger partial charge in [-0.25, -0.2) is 4.39 Å². The number of hydrogen-bond acceptors (Lipinski definition) is 5. The van der Waals surface area contributed by atoms with Crippen LogP contribution in [0.25, 0.3) is 0 Å². The van der Waals surface area contributed by atoms with Gasteiger partial charge in [0.2, 0.25) is 0 Å². The van der Waals surface area contributed by atoms with E-state index in [9.17, 15) is 14.3 Å². The molecule has 2 aromatic rings. The summed E-state index contributed by atoms with van der Waals surface area (Å²) in [5.74, 6) is 0.631. The summed E-state index contributed by atoms with van der Waals surface area (Å²) in [7, 11) is 3.97. The van der Waals surface area contributed by atoms with Gasteiger partial charge >= 0.3 is 0 Å². The summed E-state index contributed by atoms with van der Waals surface area (Å²) in [6.45, 7) is 6.06. The van der Waals surface area contributed by atoms with Crippen LogP contribution in [-0.4, -0.2) is 78.5 Å². The van der Waals surface area contributed by atoms with Crippen LogP contribution in [0.2, 0.25) is 0 Å². The first-order valence-electron chi connectivity index (χ1n) is 13.5. The zero-order valence-corrected chi connectivity index (χ0v) is 25.6. The molecule has 1 fully saturated rings. The van der Waals surface area contributed by atoms with Crippen molar-refractivity contribution < 1.29 is 14.3 Å². The average molecular weight is 605 g/mol. The van der Waals surface area contributed by atoms with E-state index in [-0.39, 0.29) is 54.9 Å². The molecule has 2 aliphatic heterocycles. The van der Waals surface area contributed by atoms with Gasteiger partial charge in [-0.15, -0.1) is 37.2 Å². The molecule has 2 aliphatic rings. The molecule has 2 heterocycles. The lowest BCUT2D eigenvalue weighted by atomic mass is 9.89. The molecule has 1 unspecified atom stereocenters. The van der Waals surface area contributed by atoms with Gasteiger partial charge in [0.15, 0.2) is 5.78 Å². The molecule has 5 nitrogen and oxygen atoms in total. The number of hydrogen-bond donors (Lipinski definition) is 1. The van der Waals surface area contributed by atoms with Crippen molar-refractivity contribution in [1.82, 2.24) is 14.7 Å². The number of aryl methyl sites for hydroxylation is 1. The highest BCUT2D eigenvalue weighted by molar-refractivity contribution is 5.96. The Hall–Kier alpha value is -1.25. The molecule has 0 saturated carbocycles. The van der Waals surface area contributed by atoms with Gasteiger partial charge in [0.1, 0.15) is 5.82 Å². The minimum atomic E-state index is -0.307. The van der Waals surface area contributed by atoms with Gasteiger partial charge in [-0.05, 0) is 107 Å². The summed E-state index contributed by atoms with van der Waals surface area (Å²) in [6, 6.07) is 13.1. The van der Waals surface area contributed by atoms with Crippen LogP contribution in [0.1, 0.15) is 59.2 Å². The third-order valence-corrected chi connectivity index (χ3v) is 7.69. The zero-order chi connectivity index (χ0) is 25.5. The monoisotopic (exact) mass is 603 g/mol. The van der Waals surface area contributed by atoms with Crippen molar-refractivity contribution in [2.45, 2.75) is 57.7 Å². The Balaban J connectivity index is 0.00000253. The highest BCUT2D eigenvalue weighted by atomic mass is 35.5. The predicted octanol–water partition coefficient (Wildman–Crippen LogP) is 5.64. The molecule has 0 aliphatic carbocycles. The first-order chi connectivity index (χ1) is 17.4. The lowest BCUT2D eigenvalue weighted by Crippen LogP contribution is -2.42. The summed E-state index contributed by atoms with van der Waals surface area (Å²) in [5.41, 5.74) is 4.55. The third-order valence-electron chi connectivity index (χ3n) is 7.69. The SMILES string of the molecule is CN(C)CC(O)CN1CCC(CCC(=O)c2ccc3c(c2)CN(Cc2ccc(F)cc2)CCC3)CC1.Cl.Cl.Cl. The molecular formula is C30H45Cl3FN3O2. The Bertz CT molecular complexity index is 1000. The number of carbonyl (C=O) groups excluding carboxylic acids is 1. The van der Waals surface area contributed by atoms with Gasteiger partial charge in [-0.2, -0.15) is 0 Å². The summed E-state index contributed by atoms with van der Waals surface area (Å²) < 4.78 is 13.3. The van der Waals surface area contributed by atoms with E-state index in [1.54, 1.807) is 0 Å². The molecule has 0 spiro atoms. The number of rotatable bonds is 10. The lowest BCUT2D eigenvalue weighted by molar-refractivity contribution is 0.0698. The largest absolute Gasteiger partial charge is 0.390 e. The maximum absolute atomic E-state index is 13.3. The van der Waals surface area contributed by atoms with E-state index in [1.165, 1.54) is 23.3 Å². The smallest absolute Gasteiger partial charge is 0.162 e. The molecule has 2 aromatic carbocycles. The Morgan fingerprint density at radius 1 is 1.00 bits per heavy atom. The van der Waals surface area contributed by atoms with Gasteiger partial charge in [0.25, 0.3) is 0 Å². The zero-order valence-electron chi connectivity index (χ0n) is 23.2. The van der Waals surface area contributed by atoms with E-state index < -0.39 is 0 Å². The summed E-state index contributed by atoms with van der Waals surface area (Å²) in [4.78, 5) is 19.9. The van der Waals surface area contributed by atoms with E-state index in [0.29, 0.717) is 18.9 Å². The average Bonchev–Trinajstić information content (AvgIpc) is 3.05. The molecule has 9 heteroatoms. The number of halogens is 4. The van der Waals surface area contributed by atoms with Crippen molar-refractivity contribution in [3.05, 3.63) is 70.5 Å². The van der Waals surface area contributed by atoms with E-state index >= 15 is 0 Å². The predicted molar refractivity (Wildman–Crippen MR) is 164 cm³/mol. The number of fused-ring (bicyclic) bond motifs is 1. The normalized spacial score (nSPS) is 17.3. The number of nitrogens with zero attached hydrogens (tertiary/aromatic N) is 3. The highest BCUT2D eigenvalue weighted by Crippen LogP contribution is 2.25. The number of carbonyl (C=O) groups is 1. The molecule has 0 bridgehead atoms. The van der Waals surface area contributed by atoms with Crippen molar-refractivity contribution in [3.63, 3.8) is 0 Å². The Labute approximate surface area is 252 Å². The van der Waals surface area contributed by atoms with Gasteiger partial charge in [0, 0.05) is 38.2 Å². The second-order valence-electron chi connectivity index (χ2n) is 11.0. The number of piperidine rings is 1. The number of Topliss-reactive ketones (excluding diaryl/α,β-unsaturated/α-hetero) is 1. The van der Waals surface area contributed by atoms with Crippen molar-refractivity contribution >= 4 is 43.0 Å². The van der Waals surface area contributed by atoms with Crippen LogP contribution < -0.4 is 0 Å². The van der Waals surface area contributed by atoms with Crippen LogP contribution in [0, 0.1) is 11.7 Å². The molecule has 1 saturated heterocycles. The molecular weight excluding hydrogens is 560 g/mol. The Kier molecular flexibility index (Phi) is 16.1. The van der Waals surface area contributed by atoms with E-state index in [4.69, 9.17) is 0 Å². The molecule has 39 heavy (non-hydrogen) atoms. The number of benzene rings is 2. The minimum Gasteiger partial charge on any atom is -0.390 e. The quantitative estimate of drug-likeness (QED) is 0.356. The number of β-amino-alcohol motifs (C(OH)–C–C–N with tert-alkyl or cyclic N) is 1. The fourth-order valence-electron chi connectivity index (χ4n) is 5.70. The minimum absolute atomic E-state index is 0. The number of ketones is 1. The van der Waals surface area contributed by atoms with Crippen molar-refractivity contribution in [2.75, 3.05) is 46.8 Å². The van der Waals surface area contributed by atoms with Crippen molar-refractivity contribution in [3.8, 4) is 0 Å². The van der Waals surface area contributed by atoms with Crippen molar-refractivity contribution in [2.24, 2.45) is 5.92 Å². The van der Waals surface area contributed by atoms with Crippen LogP contribution in [-0.2, 0) is 19.5 Å². The Morgan fingerprint density at radius 3 is 2.36 bits per heavy atom. The fourth-order valence-corrected chi connectivity index (χ4v) is 5.70. The first kappa shape index (κ1) is 35.8. The van der Waals surface area contributed by atoms with Crippen LogP contribution in [0.5, 0.6) is 0 Å². The molecule has 220 valence electrons. The van der Waals surface area contributed by atoms with Gasteiger partial charge < -0.3 is 14.9 Å². The molecule has 1 atom stereocenters. The van der Waals surface area contributed by atoms with E-state index in [1.807, 2.05) is 37.2 Å². The summed E-state index contributed by atoms with van der Waals surface area (Å²) in [6.07, 6.45) is 5.57. The van der Waals surface area contributed by atoms with Gasteiger partial charge in [0.05, 0.1) is 6.10 Å². The van der Waals surface area contributed by atoms with E-state index in [2.05, 4.69) is 21.9 Å². The van der Waals surface area contributed by atoms with Crippen LogP contribution in [0.4, 0.5) is 4.39 Å². The van der Waals surface area contributed by atoms with Gasteiger partial charge in [-0.3, -0.25) is 9.69 Å². The molecule has 0 amide bonds. The number of aliphatic hydroxyl groups excluding tert-OH is 1. The second-order valence-corrected chi connectivity index (χ2v) is 11.0.